The minimum absolute atomic E-state index is 0.00470. The summed E-state index contributed by atoms with van der Waals surface area (Å²) in [6.45, 7) is 4.29. The smallest absolute Gasteiger partial charge is 0.307 e. The summed E-state index contributed by atoms with van der Waals surface area (Å²) >= 11 is 0. The summed E-state index contributed by atoms with van der Waals surface area (Å²) in [4.78, 5) is 16.2. The lowest BCUT2D eigenvalue weighted by Crippen LogP contribution is -2.33. The van der Waals surface area contributed by atoms with Gasteiger partial charge in [0, 0.05) is 23.9 Å². The fourth-order valence-corrected chi connectivity index (χ4v) is 5.82. The third-order valence-corrected chi connectivity index (χ3v) is 8.51. The Morgan fingerprint density at radius 3 is 2.64 bits per heavy atom. The van der Waals surface area contributed by atoms with Crippen LogP contribution in [0.5, 0.6) is 0 Å². The molecule has 39 heavy (non-hydrogen) atoms. The second-order valence-electron chi connectivity index (χ2n) is 11.1. The monoisotopic (exact) mass is 556 g/mol. The molecule has 10 nitrogen and oxygen atoms in total. The number of nitriles is 1. The molecule has 0 radical (unpaired) electrons. The Morgan fingerprint density at radius 2 is 2.10 bits per heavy atom. The van der Waals surface area contributed by atoms with Crippen LogP contribution in [0.1, 0.15) is 81.4 Å². The minimum Gasteiger partial charge on any atom is -0.481 e. The highest BCUT2D eigenvalue weighted by Gasteiger charge is 2.34. The van der Waals surface area contributed by atoms with Crippen LogP contribution < -0.4 is 9.62 Å². The van der Waals surface area contributed by atoms with E-state index in [0.29, 0.717) is 16.7 Å². The molecule has 2 aliphatic carbocycles. The lowest BCUT2D eigenvalue weighted by molar-refractivity contribution is -0.141. The van der Waals surface area contributed by atoms with Gasteiger partial charge in [-0.25, -0.2) is 8.42 Å². The summed E-state index contributed by atoms with van der Waals surface area (Å²) in [5.41, 5.74) is 2.35. The Labute approximate surface area is 229 Å². The first-order valence-corrected chi connectivity index (χ1v) is 15.0. The van der Waals surface area contributed by atoms with Crippen LogP contribution in [-0.2, 0) is 14.8 Å². The highest BCUT2D eigenvalue weighted by atomic mass is 32.2. The van der Waals surface area contributed by atoms with Gasteiger partial charge in [-0.15, -0.1) is 0 Å². The number of nitrogens with one attached hydrogen (secondary N) is 1. The summed E-state index contributed by atoms with van der Waals surface area (Å²) in [7, 11) is -2.12. The van der Waals surface area contributed by atoms with Gasteiger partial charge in [0.2, 0.25) is 15.7 Å². The second kappa shape index (κ2) is 11.1. The number of fused-ring (bicyclic) bond motifs is 1. The topological polar surface area (TPSA) is 157 Å². The number of allylic oxidation sites excluding steroid dienone is 4. The number of carboxylic acids is 1. The first-order valence-electron chi connectivity index (χ1n) is 13.2. The number of carboxylic acid groups (broad SMARTS) is 1. The van der Waals surface area contributed by atoms with Crippen LogP contribution in [0.3, 0.4) is 0 Å². The number of anilines is 1. The van der Waals surface area contributed by atoms with Gasteiger partial charge in [0.25, 0.3) is 0 Å². The van der Waals surface area contributed by atoms with Gasteiger partial charge in [-0.1, -0.05) is 32.1 Å². The number of aliphatic carboxylic acids is 1. The molecule has 1 fully saturated rings. The van der Waals surface area contributed by atoms with Gasteiger partial charge < -0.3 is 14.6 Å². The Balaban J connectivity index is 1.79. The van der Waals surface area contributed by atoms with Crippen molar-refractivity contribution in [2.24, 2.45) is 11.3 Å². The van der Waals surface area contributed by atoms with Crippen molar-refractivity contribution in [2.75, 3.05) is 24.2 Å². The first-order chi connectivity index (χ1) is 18.4. The molecule has 0 bridgehead atoms. The van der Waals surface area contributed by atoms with Gasteiger partial charge in [-0.2, -0.15) is 10.2 Å². The number of pyridine rings is 1. The maximum atomic E-state index is 13.0. The number of aliphatic hydroxyl groups is 1. The van der Waals surface area contributed by atoms with E-state index >= 15 is 0 Å². The molecule has 0 amide bonds. The van der Waals surface area contributed by atoms with E-state index in [1.807, 2.05) is 18.2 Å². The molecule has 0 aromatic carbocycles. The van der Waals surface area contributed by atoms with E-state index in [0.717, 1.165) is 36.7 Å². The third kappa shape index (κ3) is 6.35. The van der Waals surface area contributed by atoms with E-state index in [1.165, 1.54) is 4.31 Å². The van der Waals surface area contributed by atoms with Crippen LogP contribution in [0.4, 0.5) is 5.82 Å². The Morgan fingerprint density at radius 1 is 1.38 bits per heavy atom. The Kier molecular flexibility index (Phi) is 8.21. The van der Waals surface area contributed by atoms with E-state index in [1.54, 1.807) is 7.05 Å². The molecule has 4 rings (SSSR count). The van der Waals surface area contributed by atoms with Gasteiger partial charge in [-0.3, -0.25) is 14.4 Å². The van der Waals surface area contributed by atoms with Crippen LogP contribution in [0, 0.1) is 22.7 Å². The lowest BCUT2D eigenvalue weighted by Gasteiger charge is -2.24. The number of carbonyl (C=O) groups is 1. The van der Waals surface area contributed by atoms with Crippen molar-refractivity contribution in [2.45, 2.75) is 64.5 Å². The molecule has 2 heterocycles. The number of sulfonamides is 1. The summed E-state index contributed by atoms with van der Waals surface area (Å²) < 4.78 is 33.3. The van der Waals surface area contributed by atoms with Crippen LogP contribution in [0.2, 0.25) is 0 Å². The Bertz CT molecular complexity index is 1460. The van der Waals surface area contributed by atoms with Crippen LogP contribution in [-0.4, -0.2) is 49.4 Å². The molecule has 0 spiro atoms. The van der Waals surface area contributed by atoms with Crippen molar-refractivity contribution in [3.8, 4) is 6.07 Å². The molecule has 2 unspecified atom stereocenters. The maximum Gasteiger partial charge on any atom is 0.307 e. The number of hydrogen-bond donors (Lipinski definition) is 3. The highest BCUT2D eigenvalue weighted by molar-refractivity contribution is 7.92. The molecular weight excluding hydrogens is 520 g/mol. The van der Waals surface area contributed by atoms with E-state index in [4.69, 9.17) is 14.7 Å². The van der Waals surface area contributed by atoms with Crippen LogP contribution in [0.25, 0.3) is 16.7 Å². The zero-order valence-electron chi connectivity index (χ0n) is 22.8. The second-order valence-corrected chi connectivity index (χ2v) is 13.0. The predicted octanol–water partition coefficient (Wildman–Crippen LogP) is 4.45. The molecule has 2 atom stereocenters. The Hall–Kier alpha value is -3.20. The van der Waals surface area contributed by atoms with Crippen molar-refractivity contribution >= 4 is 38.5 Å². The van der Waals surface area contributed by atoms with Gasteiger partial charge >= 0.3 is 5.97 Å². The average molecular weight is 557 g/mol. The summed E-state index contributed by atoms with van der Waals surface area (Å²) in [6.07, 6.45) is 9.05. The molecule has 0 saturated heterocycles. The average Bonchev–Trinajstić information content (AvgIpc) is 3.64. The number of aliphatic hydroxyl groups excluding tert-OH is 1. The van der Waals surface area contributed by atoms with Gasteiger partial charge in [0.1, 0.15) is 17.8 Å². The first kappa shape index (κ1) is 28.8. The molecule has 2 aromatic heterocycles. The van der Waals surface area contributed by atoms with E-state index in [9.17, 15) is 23.4 Å². The fourth-order valence-electron chi connectivity index (χ4n) is 4.90. The van der Waals surface area contributed by atoms with Gasteiger partial charge in [0.15, 0.2) is 0 Å². The largest absolute Gasteiger partial charge is 0.481 e. The zero-order valence-corrected chi connectivity index (χ0v) is 23.6. The minimum atomic E-state index is -3.77. The number of aromatic nitrogens is 1. The number of furan rings is 1. The lowest BCUT2D eigenvalue weighted by atomic mass is 9.83. The number of hydrogen-bond acceptors (Lipinski definition) is 8. The fraction of sp³-hybridized carbons (Fsp3) is 0.536. The summed E-state index contributed by atoms with van der Waals surface area (Å²) in [6, 6.07) is 3.76. The van der Waals surface area contributed by atoms with Gasteiger partial charge in [0.05, 0.1) is 23.8 Å². The third-order valence-electron chi connectivity index (χ3n) is 7.36. The molecule has 0 aliphatic heterocycles. The molecule has 3 N–H and O–H groups in total. The standard InChI is InChI=1S/C28H36N4O6S/c1-28(2)12-9-18(10-13-28)23-22(25(33)30-3)21-16-20(17-7-8-17)24(31-26(21)38-23)32(39(4,36)37)15-5-6-19(11-14-29)27(34)35/h9-10,12,16-17,19,25,30,33H,5-8,11,13,15H2,1-4H3,(H,34,35). The summed E-state index contributed by atoms with van der Waals surface area (Å²) in [5, 5.41) is 32.7. The summed E-state index contributed by atoms with van der Waals surface area (Å²) in [5.74, 6) is -1.07. The molecular formula is C28H36N4O6S. The molecule has 210 valence electrons. The highest BCUT2D eigenvalue weighted by Crippen LogP contribution is 2.47. The van der Waals surface area contributed by atoms with E-state index in [2.05, 4.69) is 31.3 Å². The quantitative estimate of drug-likeness (QED) is 0.321. The van der Waals surface area contributed by atoms with Crippen molar-refractivity contribution < 1.29 is 27.8 Å². The van der Waals surface area contributed by atoms with Crippen LogP contribution in [0.15, 0.2) is 28.7 Å². The molecule has 2 aliphatic rings. The van der Waals surface area contributed by atoms with E-state index in [-0.39, 0.29) is 48.7 Å². The van der Waals surface area contributed by atoms with Crippen molar-refractivity contribution in [1.82, 2.24) is 10.3 Å². The number of nitrogens with zero attached hydrogens (tertiary/aromatic N) is 3. The zero-order chi connectivity index (χ0) is 28.5. The molecule has 11 heteroatoms. The number of rotatable bonds is 12. The van der Waals surface area contributed by atoms with Crippen molar-refractivity contribution in [3.05, 3.63) is 41.2 Å². The SMILES string of the molecule is CNC(O)c1c(C2=CCC(C)(C)C=C2)oc2nc(N(CCCC(CC#N)C(=O)O)S(C)(=O)=O)c(C3CC3)cc12. The van der Waals surface area contributed by atoms with E-state index < -0.39 is 28.1 Å². The van der Waals surface area contributed by atoms with Crippen molar-refractivity contribution in [3.63, 3.8) is 0 Å². The molecule has 1 saturated carbocycles. The normalized spacial score (nSPS) is 18.4. The van der Waals surface area contributed by atoms with Gasteiger partial charge in [-0.05, 0) is 62.1 Å². The maximum absolute atomic E-state index is 13.0. The van der Waals surface area contributed by atoms with Crippen LogP contribution >= 0.6 is 0 Å². The van der Waals surface area contributed by atoms with Crippen molar-refractivity contribution in [1.29, 1.82) is 5.26 Å². The predicted molar refractivity (Wildman–Crippen MR) is 148 cm³/mol. The molecule has 2 aromatic rings.